The molecule has 0 aliphatic carbocycles. The van der Waals surface area contributed by atoms with Crippen LogP contribution in [0.2, 0.25) is 5.02 Å². The molecule has 1 aromatic carbocycles. The van der Waals surface area contributed by atoms with E-state index in [4.69, 9.17) is 22.1 Å². The van der Waals surface area contributed by atoms with Crippen molar-refractivity contribution in [2.24, 2.45) is 11.7 Å². The van der Waals surface area contributed by atoms with Crippen molar-refractivity contribution in [3.05, 3.63) is 23.2 Å². The van der Waals surface area contributed by atoms with Gasteiger partial charge in [-0.1, -0.05) is 25.4 Å². The highest BCUT2D eigenvalue weighted by molar-refractivity contribution is 6.32. The monoisotopic (exact) mass is 334 g/mol. The first-order valence-electron chi connectivity index (χ1n) is 6.82. The zero-order valence-corrected chi connectivity index (χ0v) is 14.4. The first-order valence-corrected chi connectivity index (χ1v) is 7.20. The number of amides is 1. The Kier molecular flexibility index (Phi) is 8.71. The number of nitrogens with one attached hydrogen (secondary N) is 1. The highest BCUT2D eigenvalue weighted by atomic mass is 35.5. The molecule has 21 heavy (non-hydrogen) atoms. The Balaban J connectivity index is 0.00000400. The molecule has 0 aromatic heterocycles. The number of halogens is 2. The van der Waals surface area contributed by atoms with Crippen LogP contribution < -0.4 is 15.8 Å². The molecule has 120 valence electrons. The fraction of sp³-hybridized carbons (Fsp3) is 0.533. The minimum Gasteiger partial charge on any atom is -0.489 e. The number of hydrogen-bond acceptors (Lipinski definition) is 3. The number of anilines is 1. The summed E-state index contributed by atoms with van der Waals surface area (Å²) < 4.78 is 5.54. The first kappa shape index (κ1) is 20.0. The summed E-state index contributed by atoms with van der Waals surface area (Å²) in [6.45, 7) is 7.91. The van der Waals surface area contributed by atoms with E-state index in [1.54, 1.807) is 18.2 Å². The van der Waals surface area contributed by atoms with Crippen LogP contribution in [0.4, 0.5) is 5.69 Å². The number of nitrogens with two attached hydrogens (primary N) is 1. The van der Waals surface area contributed by atoms with Crippen LogP contribution in [0.25, 0.3) is 0 Å². The summed E-state index contributed by atoms with van der Waals surface area (Å²) in [5, 5.41) is 3.23. The van der Waals surface area contributed by atoms with Crippen LogP contribution in [0.5, 0.6) is 5.75 Å². The molecular weight excluding hydrogens is 311 g/mol. The third kappa shape index (κ3) is 7.02. The number of carbonyl (C=O) groups is 1. The summed E-state index contributed by atoms with van der Waals surface area (Å²) in [5.74, 6) is 0.777. The maximum Gasteiger partial charge on any atom is 0.241 e. The predicted octanol–water partition coefficient (Wildman–Crippen LogP) is 3.86. The van der Waals surface area contributed by atoms with Crippen LogP contribution in [0.15, 0.2) is 18.2 Å². The lowest BCUT2D eigenvalue weighted by Crippen LogP contribution is -2.36. The van der Waals surface area contributed by atoms with Gasteiger partial charge in [-0.05, 0) is 44.4 Å². The van der Waals surface area contributed by atoms with Crippen molar-refractivity contribution in [1.82, 2.24) is 0 Å². The van der Waals surface area contributed by atoms with Gasteiger partial charge in [-0.3, -0.25) is 4.79 Å². The molecule has 0 unspecified atom stereocenters. The molecule has 1 aromatic rings. The fourth-order valence-corrected chi connectivity index (χ4v) is 2.00. The molecule has 0 bridgehead atoms. The van der Waals surface area contributed by atoms with Gasteiger partial charge in [0.2, 0.25) is 5.91 Å². The molecule has 1 atom stereocenters. The van der Waals surface area contributed by atoms with Crippen molar-refractivity contribution >= 4 is 35.6 Å². The van der Waals surface area contributed by atoms with Crippen LogP contribution >= 0.6 is 24.0 Å². The van der Waals surface area contributed by atoms with E-state index in [2.05, 4.69) is 5.32 Å². The molecule has 0 aliphatic rings. The average Bonchev–Trinajstić information content (AvgIpc) is 2.31. The van der Waals surface area contributed by atoms with Crippen molar-refractivity contribution in [2.45, 2.75) is 46.3 Å². The van der Waals surface area contributed by atoms with E-state index in [-0.39, 0.29) is 24.4 Å². The van der Waals surface area contributed by atoms with E-state index in [0.29, 0.717) is 28.8 Å². The Hall–Kier alpha value is -0.970. The second-order valence-corrected chi connectivity index (χ2v) is 5.94. The molecule has 0 spiro atoms. The molecular formula is C15H24Cl2N2O2. The molecule has 1 amide bonds. The molecule has 0 saturated heterocycles. The lowest BCUT2D eigenvalue weighted by Gasteiger charge is -2.15. The van der Waals surface area contributed by atoms with E-state index in [0.717, 1.165) is 0 Å². The normalized spacial score (nSPS) is 12.0. The van der Waals surface area contributed by atoms with Gasteiger partial charge in [-0.25, -0.2) is 0 Å². The second kappa shape index (κ2) is 9.13. The lowest BCUT2D eigenvalue weighted by atomic mass is 10.0. The largest absolute Gasteiger partial charge is 0.489 e. The van der Waals surface area contributed by atoms with E-state index in [1.807, 2.05) is 27.7 Å². The quantitative estimate of drug-likeness (QED) is 0.830. The fourth-order valence-electron chi connectivity index (χ4n) is 1.78. The van der Waals surface area contributed by atoms with Gasteiger partial charge in [-0.15, -0.1) is 12.4 Å². The number of hydrogen-bond donors (Lipinski definition) is 2. The van der Waals surface area contributed by atoms with Crippen molar-refractivity contribution in [1.29, 1.82) is 0 Å². The van der Waals surface area contributed by atoms with Crippen LogP contribution in [0, 0.1) is 5.92 Å². The van der Waals surface area contributed by atoms with Gasteiger partial charge in [0, 0.05) is 5.69 Å². The van der Waals surface area contributed by atoms with E-state index in [9.17, 15) is 4.79 Å². The van der Waals surface area contributed by atoms with Gasteiger partial charge < -0.3 is 15.8 Å². The van der Waals surface area contributed by atoms with Gasteiger partial charge in [-0.2, -0.15) is 0 Å². The summed E-state index contributed by atoms with van der Waals surface area (Å²) in [7, 11) is 0. The summed E-state index contributed by atoms with van der Waals surface area (Å²) >= 11 is 6.11. The van der Waals surface area contributed by atoms with Crippen molar-refractivity contribution in [2.75, 3.05) is 5.32 Å². The standard InChI is InChI=1S/C15H23ClN2O2.ClH/c1-9(2)7-13(17)15(19)18-11-5-6-14(12(16)8-11)20-10(3)4;/h5-6,8-10,13H,7,17H2,1-4H3,(H,18,19);1H/t13-;/m0./s1. The van der Waals surface area contributed by atoms with E-state index < -0.39 is 6.04 Å². The van der Waals surface area contributed by atoms with Crippen LogP contribution in [-0.2, 0) is 4.79 Å². The Morgan fingerprint density at radius 1 is 1.33 bits per heavy atom. The van der Waals surface area contributed by atoms with Gasteiger partial charge in [0.1, 0.15) is 5.75 Å². The molecule has 4 nitrogen and oxygen atoms in total. The van der Waals surface area contributed by atoms with Gasteiger partial charge >= 0.3 is 0 Å². The minimum absolute atomic E-state index is 0. The maximum atomic E-state index is 11.9. The maximum absolute atomic E-state index is 11.9. The lowest BCUT2D eigenvalue weighted by molar-refractivity contribution is -0.117. The van der Waals surface area contributed by atoms with E-state index in [1.165, 1.54) is 0 Å². The third-order valence-corrected chi connectivity index (χ3v) is 2.92. The minimum atomic E-state index is -0.514. The number of ether oxygens (including phenoxy) is 1. The number of carbonyl (C=O) groups excluding carboxylic acids is 1. The first-order chi connectivity index (χ1) is 9.29. The topological polar surface area (TPSA) is 64.4 Å². The molecule has 0 aliphatic heterocycles. The second-order valence-electron chi connectivity index (χ2n) is 5.54. The number of benzene rings is 1. The van der Waals surface area contributed by atoms with Crippen molar-refractivity contribution in [3.63, 3.8) is 0 Å². The molecule has 3 N–H and O–H groups in total. The molecule has 0 heterocycles. The van der Waals surface area contributed by atoms with Gasteiger partial charge in [0.15, 0.2) is 0 Å². The molecule has 0 saturated carbocycles. The Labute approximate surface area is 137 Å². The SMILES string of the molecule is CC(C)C[C@H](N)C(=O)Nc1ccc(OC(C)C)c(Cl)c1.Cl. The van der Waals surface area contributed by atoms with Crippen molar-refractivity contribution in [3.8, 4) is 5.75 Å². The molecule has 6 heteroatoms. The highest BCUT2D eigenvalue weighted by Gasteiger charge is 2.15. The summed E-state index contributed by atoms with van der Waals surface area (Å²) in [6, 6.07) is 4.65. The van der Waals surface area contributed by atoms with Crippen LogP contribution in [-0.4, -0.2) is 18.1 Å². The van der Waals surface area contributed by atoms with Gasteiger partial charge in [0.05, 0.1) is 17.2 Å². The highest BCUT2D eigenvalue weighted by Crippen LogP contribution is 2.28. The Morgan fingerprint density at radius 2 is 1.95 bits per heavy atom. The molecule has 0 fully saturated rings. The summed E-state index contributed by atoms with van der Waals surface area (Å²) in [6.07, 6.45) is 0.695. The zero-order chi connectivity index (χ0) is 15.3. The Bertz CT molecular complexity index is 465. The predicted molar refractivity (Wildman–Crippen MR) is 90.5 cm³/mol. The average molecular weight is 335 g/mol. The van der Waals surface area contributed by atoms with Crippen molar-refractivity contribution < 1.29 is 9.53 Å². The summed E-state index contributed by atoms with van der Waals surface area (Å²) in [4.78, 5) is 11.9. The number of rotatable bonds is 6. The van der Waals surface area contributed by atoms with E-state index >= 15 is 0 Å². The molecule has 1 rings (SSSR count). The van der Waals surface area contributed by atoms with Crippen LogP contribution in [0.1, 0.15) is 34.1 Å². The molecule has 0 radical (unpaired) electrons. The third-order valence-electron chi connectivity index (χ3n) is 2.62. The zero-order valence-electron chi connectivity index (χ0n) is 12.9. The Morgan fingerprint density at radius 3 is 2.43 bits per heavy atom. The van der Waals surface area contributed by atoms with Gasteiger partial charge in [0.25, 0.3) is 0 Å². The summed E-state index contributed by atoms with van der Waals surface area (Å²) in [5.41, 5.74) is 6.45. The smallest absolute Gasteiger partial charge is 0.241 e. The van der Waals surface area contributed by atoms with Crippen LogP contribution in [0.3, 0.4) is 0 Å².